The highest BCUT2D eigenvalue weighted by molar-refractivity contribution is 5.84. The monoisotopic (exact) mass is 233 g/mol. The highest BCUT2D eigenvalue weighted by Gasteiger charge is 2.18. The van der Waals surface area contributed by atoms with E-state index in [2.05, 4.69) is 10.1 Å². The fourth-order valence-electron chi connectivity index (χ4n) is 1.01. The Hall–Kier alpha value is -1.14. The molecular weight excluding hydrogens is 214 g/mol. The van der Waals surface area contributed by atoms with Crippen LogP contribution >= 0.6 is 0 Å². The second kappa shape index (κ2) is 9.11. The first-order chi connectivity index (χ1) is 7.65. The third-order valence-corrected chi connectivity index (χ3v) is 1.89. The number of amides is 1. The first kappa shape index (κ1) is 14.9. The average Bonchev–Trinajstić information content (AvgIpc) is 2.30. The van der Waals surface area contributed by atoms with Crippen LogP contribution in [0.25, 0.3) is 0 Å². The van der Waals surface area contributed by atoms with Crippen molar-refractivity contribution in [1.29, 1.82) is 0 Å². The van der Waals surface area contributed by atoms with E-state index in [-0.39, 0.29) is 12.5 Å². The summed E-state index contributed by atoms with van der Waals surface area (Å²) < 4.78 is 14.3. The van der Waals surface area contributed by atoms with Gasteiger partial charge in [0.25, 0.3) is 0 Å². The Morgan fingerprint density at radius 2 is 1.94 bits per heavy atom. The van der Waals surface area contributed by atoms with Gasteiger partial charge in [-0.25, -0.2) is 4.79 Å². The fraction of sp³-hybridized carbons (Fsp3) is 0.800. The van der Waals surface area contributed by atoms with E-state index in [1.807, 2.05) is 0 Å². The molecule has 0 aromatic heterocycles. The molecule has 0 saturated heterocycles. The Balaban J connectivity index is 3.79. The van der Waals surface area contributed by atoms with Crippen LogP contribution in [0.4, 0.5) is 0 Å². The zero-order chi connectivity index (χ0) is 12.4. The molecule has 0 rings (SSSR count). The van der Waals surface area contributed by atoms with E-state index in [1.54, 1.807) is 14.0 Å². The van der Waals surface area contributed by atoms with Crippen molar-refractivity contribution in [2.45, 2.75) is 19.4 Å². The van der Waals surface area contributed by atoms with Gasteiger partial charge in [0.1, 0.15) is 12.6 Å². The maximum atomic E-state index is 11.3. The van der Waals surface area contributed by atoms with Gasteiger partial charge in [-0.1, -0.05) is 6.92 Å². The summed E-state index contributed by atoms with van der Waals surface area (Å²) in [5.41, 5.74) is 0. The molecule has 16 heavy (non-hydrogen) atoms. The molecule has 6 heteroatoms. The number of methoxy groups -OCH3 is 2. The average molecular weight is 233 g/mol. The molecule has 1 N–H and O–H groups in total. The summed E-state index contributed by atoms with van der Waals surface area (Å²) in [6.45, 7) is 2.48. The lowest BCUT2D eigenvalue weighted by Crippen LogP contribution is -2.42. The predicted octanol–water partition coefficient (Wildman–Crippen LogP) is -0.283. The van der Waals surface area contributed by atoms with Crippen molar-refractivity contribution in [3.8, 4) is 0 Å². The number of hydrogen-bond acceptors (Lipinski definition) is 5. The highest BCUT2D eigenvalue weighted by Crippen LogP contribution is 1.93. The summed E-state index contributed by atoms with van der Waals surface area (Å²) in [7, 11) is 2.83. The maximum absolute atomic E-state index is 11.3. The number of hydrogen-bond donors (Lipinski definition) is 1. The molecule has 94 valence electrons. The van der Waals surface area contributed by atoms with Crippen LogP contribution in [0.1, 0.15) is 13.3 Å². The maximum Gasteiger partial charge on any atom is 0.328 e. The number of nitrogens with one attached hydrogen (secondary N) is 1. The van der Waals surface area contributed by atoms with Crippen molar-refractivity contribution < 1.29 is 23.8 Å². The van der Waals surface area contributed by atoms with Gasteiger partial charge in [-0.3, -0.25) is 4.79 Å². The molecule has 0 aliphatic heterocycles. The van der Waals surface area contributed by atoms with Crippen molar-refractivity contribution in [2.24, 2.45) is 0 Å². The smallest absolute Gasteiger partial charge is 0.328 e. The summed E-state index contributed by atoms with van der Waals surface area (Å²) >= 11 is 0. The fourth-order valence-corrected chi connectivity index (χ4v) is 1.01. The van der Waals surface area contributed by atoms with Crippen LogP contribution in [0.3, 0.4) is 0 Å². The largest absolute Gasteiger partial charge is 0.467 e. The van der Waals surface area contributed by atoms with Crippen molar-refractivity contribution in [2.75, 3.05) is 34.0 Å². The number of carbonyl (C=O) groups is 2. The Labute approximate surface area is 95.2 Å². The van der Waals surface area contributed by atoms with Crippen molar-refractivity contribution in [1.82, 2.24) is 5.32 Å². The van der Waals surface area contributed by atoms with Gasteiger partial charge in [0.15, 0.2) is 0 Å². The Bertz CT molecular complexity index is 219. The molecule has 0 fully saturated rings. The van der Waals surface area contributed by atoms with Gasteiger partial charge in [-0.2, -0.15) is 0 Å². The van der Waals surface area contributed by atoms with E-state index < -0.39 is 12.0 Å². The topological polar surface area (TPSA) is 73.9 Å². The third kappa shape index (κ3) is 6.36. The van der Waals surface area contributed by atoms with Crippen molar-refractivity contribution >= 4 is 11.9 Å². The first-order valence-corrected chi connectivity index (χ1v) is 5.09. The van der Waals surface area contributed by atoms with Gasteiger partial charge < -0.3 is 19.5 Å². The van der Waals surface area contributed by atoms with Crippen molar-refractivity contribution in [3.05, 3.63) is 0 Å². The molecule has 6 nitrogen and oxygen atoms in total. The summed E-state index contributed by atoms with van der Waals surface area (Å²) in [4.78, 5) is 22.5. The number of carbonyl (C=O) groups excluding carboxylic acids is 2. The van der Waals surface area contributed by atoms with E-state index in [4.69, 9.17) is 9.47 Å². The standard InChI is InChI=1S/C10H19NO5/c1-4-8(10(13)15-3)11-9(12)7-16-6-5-14-2/h8H,4-7H2,1-3H3,(H,11,12)/t8-/m1/s1. The minimum atomic E-state index is -0.608. The van der Waals surface area contributed by atoms with Crippen molar-refractivity contribution in [3.63, 3.8) is 0 Å². The van der Waals surface area contributed by atoms with Gasteiger partial charge in [0.2, 0.25) is 5.91 Å². The lowest BCUT2D eigenvalue weighted by Gasteiger charge is -2.14. The molecule has 0 radical (unpaired) electrons. The van der Waals surface area contributed by atoms with Gasteiger partial charge >= 0.3 is 5.97 Å². The predicted molar refractivity (Wildman–Crippen MR) is 56.9 cm³/mol. The molecule has 0 heterocycles. The second-order valence-corrected chi connectivity index (χ2v) is 3.10. The Kier molecular flexibility index (Phi) is 8.46. The van der Waals surface area contributed by atoms with Gasteiger partial charge in [-0.15, -0.1) is 0 Å². The first-order valence-electron chi connectivity index (χ1n) is 5.09. The van der Waals surface area contributed by atoms with Crippen LogP contribution in [0.15, 0.2) is 0 Å². The molecule has 0 aliphatic carbocycles. The zero-order valence-electron chi connectivity index (χ0n) is 9.95. The molecule has 0 aromatic carbocycles. The third-order valence-electron chi connectivity index (χ3n) is 1.89. The summed E-state index contributed by atoms with van der Waals surface area (Å²) in [6, 6.07) is -0.608. The normalized spacial score (nSPS) is 11.9. The minimum Gasteiger partial charge on any atom is -0.467 e. The lowest BCUT2D eigenvalue weighted by molar-refractivity contribution is -0.145. The Morgan fingerprint density at radius 1 is 1.25 bits per heavy atom. The quantitative estimate of drug-likeness (QED) is 0.461. The summed E-state index contributed by atoms with van der Waals surface area (Å²) in [5, 5.41) is 2.51. The SMILES string of the molecule is CC[C@@H](NC(=O)COCCOC)C(=O)OC. The number of esters is 1. The lowest BCUT2D eigenvalue weighted by atomic mass is 10.2. The molecule has 0 saturated carbocycles. The number of rotatable bonds is 8. The summed E-state index contributed by atoms with van der Waals surface area (Å²) in [5.74, 6) is -0.791. The van der Waals surface area contributed by atoms with Gasteiger partial charge in [0, 0.05) is 7.11 Å². The van der Waals surface area contributed by atoms with Gasteiger partial charge in [0.05, 0.1) is 20.3 Å². The van der Waals surface area contributed by atoms with Gasteiger partial charge in [-0.05, 0) is 6.42 Å². The molecule has 0 unspecified atom stereocenters. The van der Waals surface area contributed by atoms with E-state index in [1.165, 1.54) is 7.11 Å². The van der Waals surface area contributed by atoms with Crippen LogP contribution in [0.5, 0.6) is 0 Å². The summed E-state index contributed by atoms with van der Waals surface area (Å²) in [6.07, 6.45) is 0.483. The molecule has 0 aromatic rings. The highest BCUT2D eigenvalue weighted by atomic mass is 16.5. The molecule has 0 bridgehead atoms. The van der Waals surface area contributed by atoms with E-state index in [9.17, 15) is 9.59 Å². The van der Waals surface area contributed by atoms with Crippen LogP contribution in [0.2, 0.25) is 0 Å². The molecule has 1 amide bonds. The van der Waals surface area contributed by atoms with Crippen LogP contribution in [-0.2, 0) is 23.8 Å². The minimum absolute atomic E-state index is 0.0865. The second-order valence-electron chi connectivity index (χ2n) is 3.10. The van der Waals surface area contributed by atoms with E-state index in [0.717, 1.165) is 0 Å². The van der Waals surface area contributed by atoms with E-state index >= 15 is 0 Å². The van der Waals surface area contributed by atoms with Crippen LogP contribution in [0, 0.1) is 0 Å². The Morgan fingerprint density at radius 3 is 2.44 bits per heavy atom. The molecule has 0 aliphatic rings. The van der Waals surface area contributed by atoms with Crippen LogP contribution in [-0.4, -0.2) is 52.0 Å². The molecular formula is C10H19NO5. The van der Waals surface area contributed by atoms with Crippen LogP contribution < -0.4 is 5.32 Å². The van der Waals surface area contributed by atoms with E-state index in [0.29, 0.717) is 19.6 Å². The zero-order valence-corrected chi connectivity index (χ0v) is 9.95. The molecule has 1 atom stereocenters. The number of ether oxygens (including phenoxy) is 3. The molecule has 0 spiro atoms.